The van der Waals surface area contributed by atoms with E-state index in [2.05, 4.69) is 34.1 Å². The highest BCUT2D eigenvalue weighted by Gasteiger charge is 2.19. The molecule has 1 nitrogen and oxygen atoms in total. The van der Waals surface area contributed by atoms with Crippen molar-refractivity contribution in [1.82, 2.24) is 0 Å². The molecule has 0 aliphatic heterocycles. The van der Waals surface area contributed by atoms with Gasteiger partial charge in [0.15, 0.2) is 5.78 Å². The molecule has 84 valence electrons. The molecule has 2 aromatic rings. The van der Waals surface area contributed by atoms with Crippen molar-refractivity contribution in [2.24, 2.45) is 0 Å². The smallest absolute Gasteiger partial charge is 0.163 e. The molecule has 3 rings (SSSR count). The van der Waals surface area contributed by atoms with Crippen molar-refractivity contribution < 1.29 is 4.79 Å². The predicted molar refractivity (Wildman–Crippen MR) is 72.2 cm³/mol. The maximum absolute atomic E-state index is 11.6. The van der Waals surface area contributed by atoms with Gasteiger partial charge in [0.1, 0.15) is 0 Å². The predicted octanol–water partition coefficient (Wildman–Crippen LogP) is 4.25. The molecule has 0 unspecified atom stereocenters. The lowest BCUT2D eigenvalue weighted by molar-refractivity contribution is 0.0994. The van der Waals surface area contributed by atoms with Gasteiger partial charge in [-0.15, -0.1) is 0 Å². The molecule has 2 aromatic carbocycles. The van der Waals surface area contributed by atoms with Gasteiger partial charge in [-0.1, -0.05) is 46.3 Å². The molecule has 17 heavy (non-hydrogen) atoms. The van der Waals surface area contributed by atoms with Crippen LogP contribution in [0.1, 0.15) is 22.3 Å². The first-order chi connectivity index (χ1) is 8.24. The van der Waals surface area contributed by atoms with Gasteiger partial charge in [-0.05, 0) is 35.2 Å². The Hall–Kier alpha value is -1.41. The fourth-order valence-corrected chi connectivity index (χ4v) is 2.54. The third-order valence-corrected chi connectivity index (χ3v) is 3.73. The van der Waals surface area contributed by atoms with Crippen LogP contribution in [-0.4, -0.2) is 5.78 Å². The average molecular weight is 287 g/mol. The van der Waals surface area contributed by atoms with Gasteiger partial charge in [0.05, 0.1) is 0 Å². The van der Waals surface area contributed by atoms with E-state index in [1.807, 2.05) is 24.3 Å². The van der Waals surface area contributed by atoms with Gasteiger partial charge < -0.3 is 0 Å². The molecule has 0 saturated heterocycles. The maximum atomic E-state index is 11.6. The first kappa shape index (κ1) is 10.7. The number of hydrogen-bond donors (Lipinski definition) is 0. The molecule has 0 fully saturated rings. The number of fused-ring (bicyclic) bond motifs is 1. The molecule has 0 radical (unpaired) electrons. The van der Waals surface area contributed by atoms with Gasteiger partial charge >= 0.3 is 0 Å². The highest BCUT2D eigenvalue weighted by Crippen LogP contribution is 2.28. The summed E-state index contributed by atoms with van der Waals surface area (Å²) < 4.78 is 1.08. The SMILES string of the molecule is O=C1CCc2cc(-c3ccc(Br)cc3)ccc21. The Balaban J connectivity index is 2.05. The molecule has 0 heterocycles. The fourth-order valence-electron chi connectivity index (χ4n) is 2.28. The van der Waals surface area contributed by atoms with E-state index < -0.39 is 0 Å². The maximum Gasteiger partial charge on any atom is 0.163 e. The van der Waals surface area contributed by atoms with Crippen LogP contribution in [0.3, 0.4) is 0 Å². The van der Waals surface area contributed by atoms with Crippen LogP contribution in [0, 0.1) is 0 Å². The van der Waals surface area contributed by atoms with E-state index >= 15 is 0 Å². The summed E-state index contributed by atoms with van der Waals surface area (Å²) in [7, 11) is 0. The van der Waals surface area contributed by atoms with Gasteiger partial charge in [-0.2, -0.15) is 0 Å². The van der Waals surface area contributed by atoms with E-state index in [0.717, 1.165) is 16.5 Å². The summed E-state index contributed by atoms with van der Waals surface area (Å²) in [5, 5.41) is 0. The minimum Gasteiger partial charge on any atom is -0.294 e. The van der Waals surface area contributed by atoms with Crippen LogP contribution in [0.2, 0.25) is 0 Å². The molecule has 1 aliphatic rings. The van der Waals surface area contributed by atoms with Crippen LogP contribution >= 0.6 is 15.9 Å². The van der Waals surface area contributed by atoms with Crippen LogP contribution in [0.15, 0.2) is 46.9 Å². The minimum atomic E-state index is 0.280. The highest BCUT2D eigenvalue weighted by atomic mass is 79.9. The summed E-state index contributed by atoms with van der Waals surface area (Å²) in [6.45, 7) is 0. The summed E-state index contributed by atoms with van der Waals surface area (Å²) in [5.41, 5.74) is 4.47. The zero-order chi connectivity index (χ0) is 11.8. The second kappa shape index (κ2) is 4.11. The Morgan fingerprint density at radius 3 is 2.35 bits per heavy atom. The van der Waals surface area contributed by atoms with Gasteiger partial charge in [0, 0.05) is 16.5 Å². The monoisotopic (exact) mass is 286 g/mol. The number of aryl methyl sites for hydroxylation is 1. The molecular weight excluding hydrogens is 276 g/mol. The molecule has 1 aliphatic carbocycles. The fraction of sp³-hybridized carbons (Fsp3) is 0.133. The number of carbonyl (C=O) groups is 1. The first-order valence-electron chi connectivity index (χ1n) is 5.66. The zero-order valence-electron chi connectivity index (χ0n) is 9.24. The largest absolute Gasteiger partial charge is 0.294 e. The standard InChI is InChI=1S/C15H11BrO/c16-13-5-1-10(2-6-13)11-3-7-14-12(9-11)4-8-15(14)17/h1-3,5-7,9H,4,8H2. The first-order valence-corrected chi connectivity index (χ1v) is 6.45. The minimum absolute atomic E-state index is 0.280. The Morgan fingerprint density at radius 1 is 0.882 bits per heavy atom. The van der Waals surface area contributed by atoms with E-state index in [-0.39, 0.29) is 5.78 Å². The number of hydrogen-bond acceptors (Lipinski definition) is 1. The quantitative estimate of drug-likeness (QED) is 0.766. The van der Waals surface area contributed by atoms with Crippen molar-refractivity contribution in [3.05, 3.63) is 58.1 Å². The van der Waals surface area contributed by atoms with Crippen molar-refractivity contribution in [2.45, 2.75) is 12.8 Å². The topological polar surface area (TPSA) is 17.1 Å². The van der Waals surface area contributed by atoms with Gasteiger partial charge in [0.25, 0.3) is 0 Å². The van der Waals surface area contributed by atoms with E-state index in [1.165, 1.54) is 16.7 Å². The highest BCUT2D eigenvalue weighted by molar-refractivity contribution is 9.10. The van der Waals surface area contributed by atoms with Crippen LogP contribution in [0.5, 0.6) is 0 Å². The van der Waals surface area contributed by atoms with Gasteiger partial charge in [0.2, 0.25) is 0 Å². The van der Waals surface area contributed by atoms with Crippen LogP contribution in [0.25, 0.3) is 11.1 Å². The molecule has 0 atom stereocenters. The second-order valence-electron chi connectivity index (χ2n) is 4.30. The molecule has 0 bridgehead atoms. The Labute approximate surface area is 109 Å². The Kier molecular flexibility index (Phi) is 2.60. The zero-order valence-corrected chi connectivity index (χ0v) is 10.8. The number of ketones is 1. The number of benzene rings is 2. The lowest BCUT2D eigenvalue weighted by Crippen LogP contribution is -1.90. The third kappa shape index (κ3) is 1.93. The van der Waals surface area contributed by atoms with Crippen molar-refractivity contribution in [3.63, 3.8) is 0 Å². The summed E-state index contributed by atoms with van der Waals surface area (Å²) in [5.74, 6) is 0.280. The van der Waals surface area contributed by atoms with Gasteiger partial charge in [-0.3, -0.25) is 4.79 Å². The van der Waals surface area contributed by atoms with E-state index in [9.17, 15) is 4.79 Å². The molecule has 0 spiro atoms. The van der Waals surface area contributed by atoms with E-state index in [1.54, 1.807) is 0 Å². The molecule has 0 amide bonds. The molecule has 0 N–H and O–H groups in total. The van der Waals surface area contributed by atoms with Crippen molar-refractivity contribution in [2.75, 3.05) is 0 Å². The van der Waals surface area contributed by atoms with Crippen LogP contribution < -0.4 is 0 Å². The average Bonchev–Trinajstić information content (AvgIpc) is 2.72. The van der Waals surface area contributed by atoms with Crippen LogP contribution in [-0.2, 0) is 6.42 Å². The summed E-state index contributed by atoms with van der Waals surface area (Å²) in [4.78, 5) is 11.6. The number of rotatable bonds is 1. The van der Waals surface area contributed by atoms with E-state index in [4.69, 9.17) is 0 Å². The number of carbonyl (C=O) groups excluding carboxylic acids is 1. The Bertz CT molecular complexity index is 584. The van der Waals surface area contributed by atoms with E-state index in [0.29, 0.717) is 6.42 Å². The normalized spacial score (nSPS) is 13.8. The number of Topliss-reactive ketones (excluding diaryl/α,β-unsaturated/α-hetero) is 1. The van der Waals surface area contributed by atoms with Crippen molar-refractivity contribution >= 4 is 21.7 Å². The second-order valence-corrected chi connectivity index (χ2v) is 5.22. The Morgan fingerprint density at radius 2 is 1.59 bits per heavy atom. The van der Waals surface area contributed by atoms with Crippen molar-refractivity contribution in [1.29, 1.82) is 0 Å². The molecule has 0 aromatic heterocycles. The summed E-state index contributed by atoms with van der Waals surface area (Å²) >= 11 is 3.43. The summed E-state index contributed by atoms with van der Waals surface area (Å²) in [6.07, 6.45) is 1.55. The lowest BCUT2D eigenvalue weighted by Gasteiger charge is -2.04. The van der Waals surface area contributed by atoms with Crippen LogP contribution in [0.4, 0.5) is 0 Å². The number of halogens is 1. The third-order valence-electron chi connectivity index (χ3n) is 3.20. The molecular formula is C15H11BrO. The van der Waals surface area contributed by atoms with Gasteiger partial charge in [-0.25, -0.2) is 0 Å². The summed E-state index contributed by atoms with van der Waals surface area (Å²) in [6, 6.07) is 14.4. The molecule has 0 saturated carbocycles. The molecule has 2 heteroatoms. The lowest BCUT2D eigenvalue weighted by atomic mass is 10.0. The van der Waals surface area contributed by atoms with Crippen molar-refractivity contribution in [3.8, 4) is 11.1 Å².